The smallest absolute Gasteiger partial charge is 0.399 e. The van der Waals surface area contributed by atoms with Crippen LogP contribution in [0.25, 0.3) is 0 Å². The van der Waals surface area contributed by atoms with Gasteiger partial charge in [-0.3, -0.25) is 14.9 Å². The molecule has 19 heteroatoms. The van der Waals surface area contributed by atoms with E-state index in [9.17, 15) is 59.6 Å². The molecule has 1 amide bonds. The highest BCUT2D eigenvalue weighted by atomic mass is 79.9. The average molecular weight is 803 g/mol. The van der Waals surface area contributed by atoms with Crippen molar-refractivity contribution < 1.29 is 59.2 Å². The second kappa shape index (κ2) is 28.3. The molecule has 2 rings (SSSR count). The number of nitrogen functional groups attached to an aromatic ring is 1. The van der Waals surface area contributed by atoms with Crippen molar-refractivity contribution in [2.75, 3.05) is 11.1 Å². The number of hydrogen-bond donors (Lipinski definition) is 2. The van der Waals surface area contributed by atoms with E-state index in [0.717, 1.165) is 16.2 Å². The third kappa shape index (κ3) is 27.3. The van der Waals surface area contributed by atoms with Gasteiger partial charge in [0.1, 0.15) is 5.69 Å². The Kier molecular flexibility index (Phi) is 31.5. The Morgan fingerprint density at radius 3 is 1.52 bits per heavy atom. The van der Waals surface area contributed by atoms with Gasteiger partial charge in [0.25, 0.3) is 11.6 Å². The Hall–Kier alpha value is -4.23. The average Bonchev–Trinajstić information content (AvgIpc) is 2.98. The van der Waals surface area contributed by atoms with Crippen LogP contribution in [-0.4, -0.2) is 41.5 Å². The number of nitrogens with one attached hydrogen (secondary N) is 1. The summed E-state index contributed by atoms with van der Waals surface area (Å²) in [5.74, 6) is -5.73. The standard InChI is InChI=1S/C8H5BrF2N2O3.C6H6BrN.C4F6O3.C3H4.2C2H6.C2H2/c9-4-1-2-5(6(3-4)13(15)16)12-8(14)7(10)11;7-5-1-3-6(8)4-2-5;5-3(6,7)1(11)13-2(12)4(8,9)10;1-3-2;3*1-2/h1-3,7H,(H,12,14);1-4H,8H2;;1H,2H3;2*1-2H3;1-2H. The molecule has 3 N–H and O–H groups in total. The predicted molar refractivity (Wildman–Crippen MR) is 164 cm³/mol. The van der Waals surface area contributed by atoms with Crippen molar-refractivity contribution in [1.29, 1.82) is 0 Å². The molecule has 0 fully saturated rings. The maximum atomic E-state index is 11.9. The van der Waals surface area contributed by atoms with Crippen molar-refractivity contribution in [1.82, 2.24) is 0 Å². The molecule has 0 aliphatic carbocycles. The van der Waals surface area contributed by atoms with E-state index in [0.29, 0.717) is 4.47 Å². The number of nitrogens with two attached hydrogens (primary N) is 1. The highest BCUT2D eigenvalue weighted by molar-refractivity contribution is 9.10. The fourth-order valence-electron chi connectivity index (χ4n) is 1.61. The molecule has 0 spiro atoms. The number of carbonyl (C=O) groups excluding carboxylic acids is 3. The predicted octanol–water partition coefficient (Wildman–Crippen LogP) is 8.71. The molecule has 0 atom stereocenters. The summed E-state index contributed by atoms with van der Waals surface area (Å²) in [5, 5.41) is 12.3. The minimum absolute atomic E-state index is 0.265. The molecule has 0 saturated heterocycles. The van der Waals surface area contributed by atoms with Gasteiger partial charge < -0.3 is 15.8 Å². The molecule has 2 aromatic carbocycles. The number of ether oxygens (including phenoxy) is 1. The normalized spacial score (nSPS) is 9.15. The van der Waals surface area contributed by atoms with Gasteiger partial charge in [0.15, 0.2) is 0 Å². The fraction of sp³-hybridized carbons (Fsp3) is 0.296. The highest BCUT2D eigenvalue weighted by Gasteiger charge is 2.49. The lowest BCUT2D eigenvalue weighted by molar-refractivity contribution is -0.384. The summed E-state index contributed by atoms with van der Waals surface area (Å²) in [4.78, 5) is 39.8. The van der Waals surface area contributed by atoms with E-state index >= 15 is 0 Å². The lowest BCUT2D eigenvalue weighted by atomic mass is 10.2. The molecule has 0 unspecified atom stereocenters. The van der Waals surface area contributed by atoms with E-state index in [2.05, 4.69) is 61.8 Å². The van der Waals surface area contributed by atoms with Crippen LogP contribution < -0.4 is 11.1 Å². The number of esters is 2. The second-order valence-electron chi connectivity index (χ2n) is 6.22. The number of nitro groups is 1. The molecule has 0 aliphatic rings. The Morgan fingerprint density at radius 1 is 0.891 bits per heavy atom. The first-order valence-electron chi connectivity index (χ1n) is 11.8. The van der Waals surface area contributed by atoms with Gasteiger partial charge in [-0.25, -0.2) is 9.59 Å². The molecule has 0 radical (unpaired) electrons. The topological polar surface area (TPSA) is 142 Å². The SMILES string of the molecule is C#C.C#CC.CC.CC.Nc1ccc(Br)cc1.O=C(Nc1ccc(Br)cc1[N+](=O)[O-])C(F)F.O=C(OC(=O)C(F)(F)F)C(F)(F)F. The van der Waals surface area contributed by atoms with Gasteiger partial charge in [-0.15, -0.1) is 25.2 Å². The summed E-state index contributed by atoms with van der Waals surface area (Å²) in [6.07, 6.45) is -1.87. The van der Waals surface area contributed by atoms with Crippen molar-refractivity contribution >= 4 is 66.8 Å². The first kappa shape index (κ1) is 51.4. The van der Waals surface area contributed by atoms with Crippen LogP contribution in [0, 0.1) is 35.3 Å². The van der Waals surface area contributed by atoms with E-state index in [1.165, 1.54) is 12.1 Å². The first-order chi connectivity index (χ1) is 21.2. The van der Waals surface area contributed by atoms with Crippen molar-refractivity contribution in [3.05, 3.63) is 61.5 Å². The van der Waals surface area contributed by atoms with Crippen LogP contribution in [0.15, 0.2) is 51.4 Å². The number of alkyl halides is 8. The summed E-state index contributed by atoms with van der Waals surface area (Å²) in [6.45, 7) is 9.65. The van der Waals surface area contributed by atoms with E-state index in [-0.39, 0.29) is 5.69 Å². The molecule has 258 valence electrons. The summed E-state index contributed by atoms with van der Waals surface area (Å²) in [5.41, 5.74) is 5.48. The number of nitrogens with zero attached hydrogens (tertiary/aromatic N) is 1. The van der Waals surface area contributed by atoms with Gasteiger partial charge in [0.05, 0.1) is 4.92 Å². The van der Waals surface area contributed by atoms with E-state index in [4.69, 9.17) is 5.73 Å². The maximum absolute atomic E-state index is 11.9. The van der Waals surface area contributed by atoms with Crippen LogP contribution in [0.1, 0.15) is 34.6 Å². The highest BCUT2D eigenvalue weighted by Crippen LogP contribution is 2.28. The van der Waals surface area contributed by atoms with Crippen LogP contribution in [0.2, 0.25) is 0 Å². The van der Waals surface area contributed by atoms with Crippen molar-refractivity contribution in [3.8, 4) is 25.2 Å². The number of nitro benzene ring substituents is 1. The van der Waals surface area contributed by atoms with Gasteiger partial charge >= 0.3 is 30.7 Å². The molecule has 0 aliphatic heterocycles. The number of carbonyl (C=O) groups is 3. The molecule has 46 heavy (non-hydrogen) atoms. The van der Waals surface area contributed by atoms with Gasteiger partial charge in [0.2, 0.25) is 0 Å². The van der Waals surface area contributed by atoms with E-state index < -0.39 is 47.2 Å². The van der Waals surface area contributed by atoms with Crippen molar-refractivity contribution in [2.45, 2.75) is 53.4 Å². The van der Waals surface area contributed by atoms with Crippen LogP contribution in [0.4, 0.5) is 52.2 Å². The zero-order chi connectivity index (χ0) is 37.8. The van der Waals surface area contributed by atoms with Crippen LogP contribution in [-0.2, 0) is 19.1 Å². The van der Waals surface area contributed by atoms with Crippen LogP contribution >= 0.6 is 31.9 Å². The quantitative estimate of drug-likeness (QED) is 0.0602. The minimum atomic E-state index is -5.62. The lowest BCUT2D eigenvalue weighted by Gasteiger charge is -2.06. The Balaban J connectivity index is -0.000000167. The van der Waals surface area contributed by atoms with Gasteiger partial charge in [-0.1, -0.05) is 59.6 Å². The van der Waals surface area contributed by atoms with Gasteiger partial charge in [-0.2, -0.15) is 35.1 Å². The molecular formula is C27H29Br2F8N3O6. The van der Waals surface area contributed by atoms with Crippen LogP contribution in [0.3, 0.4) is 0 Å². The number of halogens is 10. The number of terminal acetylenes is 2. The maximum Gasteiger partial charge on any atom is 0.491 e. The third-order valence-corrected chi connectivity index (χ3v) is 4.15. The Morgan fingerprint density at radius 2 is 1.24 bits per heavy atom. The summed E-state index contributed by atoms with van der Waals surface area (Å²) < 4.78 is 95.0. The van der Waals surface area contributed by atoms with E-state index in [1.807, 2.05) is 52.0 Å². The largest absolute Gasteiger partial charge is 0.491 e. The lowest BCUT2D eigenvalue weighted by Crippen LogP contribution is -2.34. The Bertz CT molecular complexity index is 1200. The number of amides is 1. The van der Waals surface area contributed by atoms with Gasteiger partial charge in [-0.05, 0) is 43.3 Å². The molecule has 9 nitrogen and oxygen atoms in total. The zero-order valence-electron chi connectivity index (χ0n) is 24.6. The monoisotopic (exact) mass is 801 g/mol. The molecule has 0 aromatic heterocycles. The van der Waals surface area contributed by atoms with Gasteiger partial charge in [0, 0.05) is 20.7 Å². The number of hydrogen-bond acceptors (Lipinski definition) is 7. The van der Waals surface area contributed by atoms with Crippen molar-refractivity contribution in [2.24, 2.45) is 0 Å². The molecule has 0 bridgehead atoms. The number of benzene rings is 2. The molecular weight excluding hydrogens is 774 g/mol. The van der Waals surface area contributed by atoms with E-state index in [1.54, 1.807) is 12.2 Å². The summed E-state index contributed by atoms with van der Waals surface area (Å²) in [7, 11) is 0. The molecule has 0 saturated carbocycles. The van der Waals surface area contributed by atoms with Crippen LogP contribution in [0.5, 0.6) is 0 Å². The third-order valence-electron chi connectivity index (χ3n) is 3.13. The molecule has 2 aromatic rings. The Labute approximate surface area is 276 Å². The summed E-state index contributed by atoms with van der Waals surface area (Å²) in [6, 6.07) is 11.2. The zero-order valence-corrected chi connectivity index (χ0v) is 27.8. The molecule has 0 heterocycles. The number of anilines is 2. The number of rotatable bonds is 3. The van der Waals surface area contributed by atoms with Crippen molar-refractivity contribution in [3.63, 3.8) is 0 Å². The second-order valence-corrected chi connectivity index (χ2v) is 8.05. The first-order valence-corrected chi connectivity index (χ1v) is 13.4. The summed E-state index contributed by atoms with van der Waals surface area (Å²) >= 11 is 6.28. The fourth-order valence-corrected chi connectivity index (χ4v) is 2.22. The minimum Gasteiger partial charge on any atom is -0.399 e.